The molecule has 0 bridgehead atoms. The van der Waals surface area contributed by atoms with Gasteiger partial charge in [0.15, 0.2) is 0 Å². The van der Waals surface area contributed by atoms with Gasteiger partial charge in [-0.25, -0.2) is 4.98 Å². The molecule has 0 aliphatic heterocycles. The highest BCUT2D eigenvalue weighted by Crippen LogP contribution is 2.14. The van der Waals surface area contributed by atoms with Gasteiger partial charge in [-0.1, -0.05) is 18.2 Å². The van der Waals surface area contributed by atoms with E-state index in [0.717, 1.165) is 17.0 Å². The summed E-state index contributed by atoms with van der Waals surface area (Å²) >= 11 is 0. The summed E-state index contributed by atoms with van der Waals surface area (Å²) in [6, 6.07) is 13.6. The minimum absolute atomic E-state index is 0. The van der Waals surface area contributed by atoms with Gasteiger partial charge in [0, 0.05) is 24.1 Å². The predicted molar refractivity (Wildman–Crippen MR) is 95.6 cm³/mol. The maximum atomic E-state index is 12.2. The quantitative estimate of drug-likeness (QED) is 0.764. The summed E-state index contributed by atoms with van der Waals surface area (Å²) in [5, 5.41) is 6.16. The molecule has 0 fully saturated rings. The number of rotatable bonds is 4. The van der Waals surface area contributed by atoms with Gasteiger partial charge in [0.25, 0.3) is 5.91 Å². The van der Waals surface area contributed by atoms with E-state index in [1.54, 1.807) is 6.20 Å². The van der Waals surface area contributed by atoms with Crippen LogP contribution in [0.15, 0.2) is 54.9 Å². The predicted octanol–water partition coefficient (Wildman–Crippen LogP) is 3.83. The first kappa shape index (κ1) is 16.8. The van der Waals surface area contributed by atoms with E-state index in [2.05, 4.69) is 29.5 Å². The Balaban J connectivity index is 0.00000192. The molecular formula is C17H19ClN4O. The molecule has 6 heteroatoms. The summed E-state index contributed by atoms with van der Waals surface area (Å²) in [6.45, 7) is 4.16. The molecule has 0 unspecified atom stereocenters. The average molecular weight is 331 g/mol. The Morgan fingerprint density at radius 2 is 1.78 bits per heavy atom. The highest BCUT2D eigenvalue weighted by molar-refractivity contribution is 6.03. The van der Waals surface area contributed by atoms with Crippen molar-refractivity contribution in [3.63, 3.8) is 0 Å². The Hall–Kier alpha value is -2.53. The first-order valence-electron chi connectivity index (χ1n) is 7.23. The molecule has 120 valence electrons. The highest BCUT2D eigenvalue weighted by atomic mass is 35.5. The van der Waals surface area contributed by atoms with Gasteiger partial charge in [0.2, 0.25) is 0 Å². The molecule has 3 rings (SSSR count). The van der Waals surface area contributed by atoms with Crippen LogP contribution >= 0.6 is 12.4 Å². The number of imidazole rings is 1. The third kappa shape index (κ3) is 4.02. The van der Waals surface area contributed by atoms with Crippen molar-refractivity contribution in [2.45, 2.75) is 19.9 Å². The Morgan fingerprint density at radius 3 is 2.48 bits per heavy atom. The number of amides is 1. The van der Waals surface area contributed by atoms with Crippen molar-refractivity contribution in [3.05, 3.63) is 60.6 Å². The van der Waals surface area contributed by atoms with Gasteiger partial charge < -0.3 is 15.0 Å². The molecule has 1 aromatic carbocycles. The summed E-state index contributed by atoms with van der Waals surface area (Å²) in [5.41, 5.74) is 2.89. The summed E-state index contributed by atoms with van der Waals surface area (Å²) in [5.74, 6) is -0.215. The zero-order valence-corrected chi connectivity index (χ0v) is 13.8. The van der Waals surface area contributed by atoms with Gasteiger partial charge >= 0.3 is 0 Å². The first-order chi connectivity index (χ1) is 10.6. The van der Waals surface area contributed by atoms with E-state index in [1.165, 1.54) is 0 Å². The molecule has 0 spiro atoms. The van der Waals surface area contributed by atoms with E-state index in [1.807, 2.05) is 53.1 Å². The molecule has 2 heterocycles. The van der Waals surface area contributed by atoms with E-state index in [0.29, 0.717) is 11.7 Å². The Morgan fingerprint density at radius 1 is 1.04 bits per heavy atom. The number of nitrogens with one attached hydrogen (secondary N) is 2. The number of hydrogen-bond acceptors (Lipinski definition) is 3. The number of aromatic nitrogens is 2. The lowest BCUT2D eigenvalue weighted by Crippen LogP contribution is -2.12. The average Bonchev–Trinajstić information content (AvgIpc) is 2.91. The van der Waals surface area contributed by atoms with Crippen LogP contribution in [0.4, 0.5) is 11.4 Å². The van der Waals surface area contributed by atoms with Gasteiger partial charge in [-0.2, -0.15) is 0 Å². The van der Waals surface area contributed by atoms with E-state index in [-0.39, 0.29) is 18.3 Å². The third-order valence-corrected chi connectivity index (χ3v) is 3.17. The van der Waals surface area contributed by atoms with Crippen LogP contribution in [-0.4, -0.2) is 21.3 Å². The lowest BCUT2D eigenvalue weighted by Gasteiger charge is -2.09. The molecule has 2 N–H and O–H groups in total. The van der Waals surface area contributed by atoms with Crippen molar-refractivity contribution in [2.75, 3.05) is 10.6 Å². The molecule has 0 aliphatic rings. The molecule has 23 heavy (non-hydrogen) atoms. The molecule has 0 saturated carbocycles. The van der Waals surface area contributed by atoms with Crippen LogP contribution in [-0.2, 0) is 0 Å². The molecule has 3 aromatic rings. The maximum absolute atomic E-state index is 12.2. The van der Waals surface area contributed by atoms with Gasteiger partial charge in [-0.3, -0.25) is 4.79 Å². The fourth-order valence-electron chi connectivity index (χ4n) is 2.24. The third-order valence-electron chi connectivity index (χ3n) is 3.17. The number of para-hydroxylation sites is 1. The summed E-state index contributed by atoms with van der Waals surface area (Å²) in [6.07, 6.45) is 3.67. The van der Waals surface area contributed by atoms with Crippen LogP contribution in [0.3, 0.4) is 0 Å². The second-order valence-electron chi connectivity index (χ2n) is 5.43. The number of halogens is 1. The topological polar surface area (TPSA) is 58.4 Å². The number of anilines is 2. The van der Waals surface area contributed by atoms with Crippen LogP contribution < -0.4 is 10.6 Å². The molecule has 1 amide bonds. The van der Waals surface area contributed by atoms with E-state index < -0.39 is 0 Å². The lowest BCUT2D eigenvalue weighted by molar-refractivity contribution is 0.102. The number of carbonyl (C=O) groups is 1. The summed E-state index contributed by atoms with van der Waals surface area (Å²) < 4.78 is 1.85. The number of fused-ring (bicyclic) bond motifs is 1. The lowest BCUT2D eigenvalue weighted by atomic mass is 10.3. The van der Waals surface area contributed by atoms with Gasteiger partial charge in [-0.05, 0) is 38.1 Å². The van der Waals surface area contributed by atoms with E-state index in [9.17, 15) is 4.79 Å². The number of benzene rings is 1. The standard InChI is InChI=1S/C17H18N4O.ClH/c1-12(2)18-14-8-9-16-20-15(11-21(16)10-14)17(22)19-13-6-4-3-5-7-13;/h3-12,18H,1-2H3,(H,19,22);1H. The molecular weight excluding hydrogens is 312 g/mol. The van der Waals surface area contributed by atoms with Crippen LogP contribution in [0.1, 0.15) is 24.3 Å². The Labute approximate surface area is 141 Å². The van der Waals surface area contributed by atoms with E-state index in [4.69, 9.17) is 0 Å². The number of carbonyl (C=O) groups excluding carboxylic acids is 1. The maximum Gasteiger partial charge on any atom is 0.275 e. The molecule has 0 saturated heterocycles. The van der Waals surface area contributed by atoms with Crippen molar-refractivity contribution in [1.29, 1.82) is 0 Å². The molecule has 0 atom stereocenters. The summed E-state index contributed by atoms with van der Waals surface area (Å²) in [7, 11) is 0. The Kier molecular flexibility index (Phi) is 5.24. The SMILES string of the molecule is CC(C)Nc1ccc2nc(C(=O)Nc3ccccc3)cn2c1.Cl. The van der Waals surface area contributed by atoms with Gasteiger partial charge in [0.05, 0.1) is 5.69 Å². The normalized spacial score (nSPS) is 10.4. The molecule has 2 aromatic heterocycles. The minimum Gasteiger partial charge on any atom is -0.382 e. The highest BCUT2D eigenvalue weighted by Gasteiger charge is 2.11. The largest absolute Gasteiger partial charge is 0.382 e. The van der Waals surface area contributed by atoms with Crippen LogP contribution in [0.5, 0.6) is 0 Å². The van der Waals surface area contributed by atoms with Crippen molar-refractivity contribution < 1.29 is 4.79 Å². The fourth-order valence-corrected chi connectivity index (χ4v) is 2.24. The number of hydrogen-bond donors (Lipinski definition) is 2. The van der Waals surface area contributed by atoms with Crippen LogP contribution in [0.2, 0.25) is 0 Å². The minimum atomic E-state index is -0.215. The monoisotopic (exact) mass is 330 g/mol. The molecule has 0 aliphatic carbocycles. The zero-order valence-electron chi connectivity index (χ0n) is 13.0. The Bertz CT molecular complexity index is 799. The molecule has 0 radical (unpaired) electrons. The second-order valence-corrected chi connectivity index (χ2v) is 5.43. The second kappa shape index (κ2) is 7.15. The van der Waals surface area contributed by atoms with Crippen molar-refractivity contribution in [2.24, 2.45) is 0 Å². The molecule has 5 nitrogen and oxygen atoms in total. The number of pyridine rings is 1. The van der Waals surface area contributed by atoms with Crippen molar-refractivity contribution >= 4 is 35.3 Å². The fraction of sp³-hybridized carbons (Fsp3) is 0.176. The van der Waals surface area contributed by atoms with Crippen molar-refractivity contribution in [3.8, 4) is 0 Å². The van der Waals surface area contributed by atoms with E-state index >= 15 is 0 Å². The number of nitrogens with zero attached hydrogens (tertiary/aromatic N) is 2. The van der Waals surface area contributed by atoms with Crippen LogP contribution in [0.25, 0.3) is 5.65 Å². The summed E-state index contributed by atoms with van der Waals surface area (Å²) in [4.78, 5) is 16.6. The van der Waals surface area contributed by atoms with Gasteiger partial charge in [-0.15, -0.1) is 12.4 Å². The van der Waals surface area contributed by atoms with Crippen LogP contribution in [0, 0.1) is 0 Å². The smallest absolute Gasteiger partial charge is 0.275 e. The first-order valence-corrected chi connectivity index (χ1v) is 7.23. The van der Waals surface area contributed by atoms with Crippen molar-refractivity contribution in [1.82, 2.24) is 9.38 Å². The zero-order chi connectivity index (χ0) is 15.5. The van der Waals surface area contributed by atoms with Gasteiger partial charge in [0.1, 0.15) is 11.3 Å².